The number of fused-ring (bicyclic) bond motifs is 1. The smallest absolute Gasteiger partial charge is 0.322 e. The third-order valence-electron chi connectivity index (χ3n) is 3.73. The molecule has 0 aliphatic carbocycles. The first-order chi connectivity index (χ1) is 12.2. The number of nitrogens with one attached hydrogen (secondary N) is 3. The van der Waals surface area contributed by atoms with E-state index in [9.17, 15) is 18.0 Å². The Labute approximate surface area is 157 Å². The Bertz CT molecular complexity index is 1160. The van der Waals surface area contributed by atoms with Crippen molar-refractivity contribution in [1.82, 2.24) is 14.3 Å². The van der Waals surface area contributed by atoms with Crippen LogP contribution in [-0.2, 0) is 10.0 Å². The van der Waals surface area contributed by atoms with Crippen molar-refractivity contribution < 1.29 is 13.2 Å². The van der Waals surface area contributed by atoms with E-state index in [2.05, 4.69) is 31.2 Å². The lowest BCUT2D eigenvalue weighted by molar-refractivity contribution is 0.102. The van der Waals surface area contributed by atoms with Crippen molar-refractivity contribution in [3.05, 3.63) is 56.9 Å². The van der Waals surface area contributed by atoms with Crippen LogP contribution >= 0.6 is 15.9 Å². The number of rotatable bonds is 4. The normalized spacial score (nSPS) is 11.8. The highest BCUT2D eigenvalue weighted by atomic mass is 79.9. The minimum absolute atomic E-state index is 0.000525. The summed E-state index contributed by atoms with van der Waals surface area (Å²) >= 11 is 3.21. The van der Waals surface area contributed by atoms with Gasteiger partial charge in [0.1, 0.15) is 0 Å². The van der Waals surface area contributed by atoms with Crippen molar-refractivity contribution in [3.8, 4) is 0 Å². The predicted octanol–water partition coefficient (Wildman–Crippen LogP) is 2.12. The minimum Gasteiger partial charge on any atom is -0.322 e. The number of carbonyl (C=O) groups is 1. The van der Waals surface area contributed by atoms with Gasteiger partial charge in [0.25, 0.3) is 5.91 Å². The fraction of sp³-hybridized carbons (Fsp3) is 0.125. The molecule has 136 valence electrons. The number of imidazole rings is 1. The number of H-pyrrole nitrogens is 2. The molecule has 0 aliphatic heterocycles. The summed E-state index contributed by atoms with van der Waals surface area (Å²) in [5.74, 6) is -0.468. The maximum atomic E-state index is 12.5. The first-order valence-electron chi connectivity index (χ1n) is 7.44. The van der Waals surface area contributed by atoms with Gasteiger partial charge in [0.05, 0.1) is 15.9 Å². The number of anilines is 1. The zero-order valence-electron chi connectivity index (χ0n) is 13.8. The third kappa shape index (κ3) is 3.43. The largest absolute Gasteiger partial charge is 0.323 e. The van der Waals surface area contributed by atoms with Gasteiger partial charge in [-0.1, -0.05) is 0 Å². The van der Waals surface area contributed by atoms with Crippen molar-refractivity contribution in [2.45, 2.75) is 4.90 Å². The second kappa shape index (κ2) is 6.71. The maximum absolute atomic E-state index is 12.5. The van der Waals surface area contributed by atoms with Gasteiger partial charge in [-0.2, -0.15) is 0 Å². The molecule has 1 amide bonds. The number of aromatic nitrogens is 2. The Balaban J connectivity index is 1.93. The van der Waals surface area contributed by atoms with Crippen LogP contribution in [-0.4, -0.2) is 42.7 Å². The van der Waals surface area contributed by atoms with E-state index in [1.165, 1.54) is 32.3 Å². The van der Waals surface area contributed by atoms with Gasteiger partial charge in [0.2, 0.25) is 10.0 Å². The van der Waals surface area contributed by atoms with Gasteiger partial charge in [-0.25, -0.2) is 17.5 Å². The molecule has 1 aromatic heterocycles. The van der Waals surface area contributed by atoms with Gasteiger partial charge in [-0.05, 0) is 52.3 Å². The van der Waals surface area contributed by atoms with Crippen LogP contribution in [0.1, 0.15) is 10.4 Å². The van der Waals surface area contributed by atoms with E-state index in [0.29, 0.717) is 21.2 Å². The number of amides is 1. The molecule has 0 unspecified atom stereocenters. The summed E-state index contributed by atoms with van der Waals surface area (Å²) in [4.78, 5) is 29.0. The summed E-state index contributed by atoms with van der Waals surface area (Å²) < 4.78 is 26.2. The van der Waals surface area contributed by atoms with E-state index in [0.717, 1.165) is 4.31 Å². The molecule has 26 heavy (non-hydrogen) atoms. The number of nitrogens with zero attached hydrogens (tertiary/aromatic N) is 1. The number of benzene rings is 2. The van der Waals surface area contributed by atoms with Crippen molar-refractivity contribution in [2.24, 2.45) is 0 Å². The Morgan fingerprint density at radius 1 is 1.08 bits per heavy atom. The molecule has 10 heteroatoms. The number of carbonyl (C=O) groups excluding carboxylic acids is 1. The lowest BCUT2D eigenvalue weighted by Crippen LogP contribution is -2.23. The van der Waals surface area contributed by atoms with E-state index in [1.807, 2.05) is 0 Å². The van der Waals surface area contributed by atoms with Crippen LogP contribution in [0, 0.1) is 0 Å². The van der Waals surface area contributed by atoms with Gasteiger partial charge in [-0.15, -0.1) is 0 Å². The van der Waals surface area contributed by atoms with E-state index in [4.69, 9.17) is 0 Å². The van der Waals surface area contributed by atoms with Crippen LogP contribution in [0.5, 0.6) is 0 Å². The third-order valence-corrected chi connectivity index (χ3v) is 6.53. The molecule has 0 atom stereocenters. The van der Waals surface area contributed by atoms with Crippen LogP contribution in [0.25, 0.3) is 11.0 Å². The second-order valence-corrected chi connectivity index (χ2v) is 8.70. The fourth-order valence-corrected chi connectivity index (χ4v) is 4.20. The SMILES string of the molecule is CN(C)S(=O)(=O)c1cc(C(=O)Nc2ccc3[nH]c(=O)[nH]c3c2)ccc1Br. The maximum Gasteiger partial charge on any atom is 0.323 e. The van der Waals surface area contributed by atoms with Crippen molar-refractivity contribution >= 4 is 48.6 Å². The van der Waals surface area contributed by atoms with Gasteiger partial charge < -0.3 is 15.3 Å². The lowest BCUT2D eigenvalue weighted by Gasteiger charge is -2.14. The Kier molecular flexibility index (Phi) is 4.74. The molecule has 1 heterocycles. The molecule has 0 spiro atoms. The highest BCUT2D eigenvalue weighted by molar-refractivity contribution is 9.10. The predicted molar refractivity (Wildman–Crippen MR) is 102 cm³/mol. The number of aromatic amines is 2. The van der Waals surface area contributed by atoms with Gasteiger partial charge in [0.15, 0.2) is 0 Å². The molecule has 0 bridgehead atoms. The molecular formula is C16H15BrN4O4S. The van der Waals surface area contributed by atoms with Crippen molar-refractivity contribution in [1.29, 1.82) is 0 Å². The van der Waals surface area contributed by atoms with Crippen LogP contribution in [0.15, 0.2) is 50.6 Å². The van der Waals surface area contributed by atoms with E-state index >= 15 is 0 Å². The molecule has 0 fully saturated rings. The van der Waals surface area contributed by atoms with Crippen LogP contribution in [0.2, 0.25) is 0 Å². The molecular weight excluding hydrogens is 424 g/mol. The zero-order chi connectivity index (χ0) is 19.1. The standard InChI is InChI=1S/C16H15BrN4O4S/c1-21(2)26(24,25)14-7-9(3-5-11(14)17)15(22)18-10-4-6-12-13(8-10)20-16(23)19-12/h3-8H,1-2H3,(H,18,22)(H2,19,20,23). The molecule has 0 saturated heterocycles. The molecule has 3 rings (SSSR count). The highest BCUT2D eigenvalue weighted by Gasteiger charge is 2.22. The van der Waals surface area contributed by atoms with E-state index < -0.39 is 15.9 Å². The van der Waals surface area contributed by atoms with E-state index in [1.54, 1.807) is 18.2 Å². The summed E-state index contributed by atoms with van der Waals surface area (Å²) in [5.41, 5.74) is 1.50. The molecule has 2 aromatic carbocycles. The zero-order valence-corrected chi connectivity index (χ0v) is 16.2. The highest BCUT2D eigenvalue weighted by Crippen LogP contribution is 2.26. The summed E-state index contributed by atoms with van der Waals surface area (Å²) in [5, 5.41) is 2.69. The summed E-state index contributed by atoms with van der Waals surface area (Å²) in [6.07, 6.45) is 0. The van der Waals surface area contributed by atoms with Crippen LogP contribution in [0.3, 0.4) is 0 Å². The molecule has 0 aliphatic rings. The first-order valence-corrected chi connectivity index (χ1v) is 9.67. The second-order valence-electron chi connectivity index (χ2n) is 5.73. The van der Waals surface area contributed by atoms with Crippen molar-refractivity contribution in [3.63, 3.8) is 0 Å². The summed E-state index contributed by atoms with van der Waals surface area (Å²) in [6, 6.07) is 9.25. The number of hydrogen-bond donors (Lipinski definition) is 3. The Hall–Kier alpha value is -2.43. The molecule has 3 aromatic rings. The number of halogens is 1. The van der Waals surface area contributed by atoms with E-state index in [-0.39, 0.29) is 16.1 Å². The fourth-order valence-electron chi connectivity index (χ4n) is 2.35. The van der Waals surface area contributed by atoms with Crippen molar-refractivity contribution in [2.75, 3.05) is 19.4 Å². The average molecular weight is 439 g/mol. The minimum atomic E-state index is -3.70. The summed E-state index contributed by atoms with van der Waals surface area (Å²) in [7, 11) is -0.864. The van der Waals surface area contributed by atoms with Crippen LogP contribution in [0.4, 0.5) is 5.69 Å². The Morgan fingerprint density at radius 2 is 1.77 bits per heavy atom. The van der Waals surface area contributed by atoms with Gasteiger partial charge in [0, 0.05) is 29.8 Å². The molecule has 3 N–H and O–H groups in total. The first kappa shape index (κ1) is 18.4. The number of sulfonamides is 1. The molecule has 0 radical (unpaired) electrons. The molecule has 0 saturated carbocycles. The molecule has 8 nitrogen and oxygen atoms in total. The van der Waals surface area contributed by atoms with Crippen LogP contribution < -0.4 is 11.0 Å². The average Bonchev–Trinajstić information content (AvgIpc) is 2.94. The Morgan fingerprint density at radius 3 is 2.46 bits per heavy atom. The lowest BCUT2D eigenvalue weighted by atomic mass is 10.2. The van der Waals surface area contributed by atoms with Gasteiger partial charge in [-0.3, -0.25) is 4.79 Å². The van der Waals surface area contributed by atoms with Gasteiger partial charge >= 0.3 is 5.69 Å². The number of hydrogen-bond acceptors (Lipinski definition) is 4. The topological polar surface area (TPSA) is 115 Å². The monoisotopic (exact) mass is 438 g/mol. The summed E-state index contributed by atoms with van der Waals surface area (Å²) in [6.45, 7) is 0. The quantitative estimate of drug-likeness (QED) is 0.578.